The molecule has 104 valence electrons. The first kappa shape index (κ1) is 15.3. The molecule has 7 heteroatoms. The number of nitrogens with one attached hydrogen (secondary N) is 1. The summed E-state index contributed by atoms with van der Waals surface area (Å²) in [7, 11) is 3.41. The van der Waals surface area contributed by atoms with E-state index in [2.05, 4.69) is 5.32 Å². The third-order valence-corrected chi connectivity index (χ3v) is 2.95. The summed E-state index contributed by atoms with van der Waals surface area (Å²) in [6.07, 6.45) is 0. The number of nitrogens with two attached hydrogens (primary N) is 1. The van der Waals surface area contributed by atoms with E-state index >= 15 is 0 Å². The Morgan fingerprint density at radius 1 is 1.26 bits per heavy atom. The number of carbonyl (C=O) groups is 1. The van der Waals surface area contributed by atoms with Crippen molar-refractivity contribution in [3.05, 3.63) is 28.7 Å². The van der Waals surface area contributed by atoms with Crippen molar-refractivity contribution < 1.29 is 4.79 Å². The lowest BCUT2D eigenvalue weighted by atomic mass is 10.2. The van der Waals surface area contributed by atoms with Gasteiger partial charge in [-0.1, -0.05) is 0 Å². The third-order valence-electron chi connectivity index (χ3n) is 2.95. The Kier molecular flexibility index (Phi) is 4.39. The fraction of sp³-hybridized carbons (Fsp3) is 0.333. The number of hydrogen-bond donors (Lipinski definition) is 2. The van der Waals surface area contributed by atoms with Gasteiger partial charge in [0.2, 0.25) is 5.91 Å². The lowest BCUT2D eigenvalue weighted by Gasteiger charge is -2.08. The Morgan fingerprint density at radius 2 is 1.84 bits per heavy atom. The van der Waals surface area contributed by atoms with Crippen molar-refractivity contribution in [3.8, 4) is 0 Å². The van der Waals surface area contributed by atoms with Crippen LogP contribution in [0.25, 0.3) is 11.0 Å². The quantitative estimate of drug-likeness (QED) is 0.846. The second-order valence-corrected chi connectivity index (χ2v) is 4.38. The van der Waals surface area contributed by atoms with Crippen LogP contribution in [0.2, 0.25) is 0 Å². The minimum absolute atomic E-state index is 0. The van der Waals surface area contributed by atoms with Gasteiger partial charge in [-0.15, -0.1) is 12.4 Å². The van der Waals surface area contributed by atoms with Crippen LogP contribution in [-0.2, 0) is 18.9 Å². The summed E-state index contributed by atoms with van der Waals surface area (Å²) in [6, 6.07) is 4.74. The molecule has 0 fully saturated rings. The Balaban J connectivity index is 0.00000180. The number of aryl methyl sites for hydroxylation is 2. The molecule has 0 radical (unpaired) electrons. The smallest absolute Gasteiger partial charge is 0.325 e. The van der Waals surface area contributed by atoms with Gasteiger partial charge in [0.25, 0.3) is 0 Å². The maximum atomic E-state index is 11.7. The zero-order chi connectivity index (χ0) is 13.4. The number of rotatable bonds is 2. The van der Waals surface area contributed by atoms with Gasteiger partial charge in [-0.2, -0.15) is 0 Å². The van der Waals surface area contributed by atoms with E-state index < -0.39 is 6.04 Å². The van der Waals surface area contributed by atoms with E-state index in [1.54, 1.807) is 43.8 Å². The molecule has 19 heavy (non-hydrogen) atoms. The number of hydrogen-bond acceptors (Lipinski definition) is 3. The van der Waals surface area contributed by atoms with Crippen LogP contribution < -0.4 is 16.7 Å². The highest BCUT2D eigenvalue weighted by Gasteiger charge is 2.11. The summed E-state index contributed by atoms with van der Waals surface area (Å²) in [6.45, 7) is 1.62. The average Bonchev–Trinajstić information content (AvgIpc) is 2.54. The number of aromatic nitrogens is 2. The predicted molar refractivity (Wildman–Crippen MR) is 77.7 cm³/mol. The molecule has 1 heterocycles. The van der Waals surface area contributed by atoms with Gasteiger partial charge < -0.3 is 11.1 Å². The van der Waals surface area contributed by atoms with Crippen LogP contribution in [-0.4, -0.2) is 21.1 Å². The highest BCUT2D eigenvalue weighted by atomic mass is 35.5. The normalized spacial score (nSPS) is 12.0. The molecule has 0 spiro atoms. The molecule has 0 aliphatic carbocycles. The number of benzene rings is 1. The largest absolute Gasteiger partial charge is 0.328 e. The van der Waals surface area contributed by atoms with E-state index in [1.807, 2.05) is 0 Å². The second-order valence-electron chi connectivity index (χ2n) is 4.38. The Bertz CT molecular complexity index is 672. The van der Waals surface area contributed by atoms with Crippen LogP contribution in [0, 0.1) is 0 Å². The molecule has 0 aliphatic rings. The highest BCUT2D eigenvalue weighted by molar-refractivity contribution is 5.96. The molecule has 0 saturated carbocycles. The highest BCUT2D eigenvalue weighted by Crippen LogP contribution is 2.17. The van der Waals surface area contributed by atoms with Gasteiger partial charge in [0.15, 0.2) is 0 Å². The van der Waals surface area contributed by atoms with E-state index in [-0.39, 0.29) is 24.0 Å². The summed E-state index contributed by atoms with van der Waals surface area (Å²) < 4.78 is 3.10. The molecule has 1 aromatic carbocycles. The van der Waals surface area contributed by atoms with Gasteiger partial charge in [-0.3, -0.25) is 13.9 Å². The number of carbonyl (C=O) groups excluding carboxylic acids is 1. The average molecular weight is 285 g/mol. The van der Waals surface area contributed by atoms with E-state index in [0.717, 1.165) is 11.0 Å². The van der Waals surface area contributed by atoms with E-state index in [1.165, 1.54) is 4.57 Å². The number of halogens is 1. The molecule has 0 aliphatic heterocycles. The third kappa shape index (κ3) is 2.64. The molecule has 0 saturated heterocycles. The van der Waals surface area contributed by atoms with Crippen molar-refractivity contribution in [1.29, 1.82) is 0 Å². The first-order valence-corrected chi connectivity index (χ1v) is 5.63. The zero-order valence-electron chi connectivity index (χ0n) is 11.0. The Hall–Kier alpha value is -1.79. The number of fused-ring (bicyclic) bond motifs is 1. The zero-order valence-corrected chi connectivity index (χ0v) is 11.8. The lowest BCUT2D eigenvalue weighted by Crippen LogP contribution is -2.32. The van der Waals surface area contributed by atoms with Crippen LogP contribution in [0.4, 0.5) is 5.69 Å². The molecule has 1 atom stereocenters. The van der Waals surface area contributed by atoms with Gasteiger partial charge >= 0.3 is 5.69 Å². The number of imidazole rings is 1. The summed E-state index contributed by atoms with van der Waals surface area (Å²) in [4.78, 5) is 23.2. The van der Waals surface area contributed by atoms with Crippen LogP contribution in [0.5, 0.6) is 0 Å². The minimum Gasteiger partial charge on any atom is -0.325 e. The van der Waals surface area contributed by atoms with Crippen molar-refractivity contribution in [2.75, 3.05) is 5.32 Å². The van der Waals surface area contributed by atoms with E-state index in [0.29, 0.717) is 5.69 Å². The van der Waals surface area contributed by atoms with E-state index in [9.17, 15) is 9.59 Å². The standard InChI is InChI=1S/C12H16N4O2.ClH/c1-7(13)11(17)14-8-4-5-9-10(6-8)16(3)12(18)15(9)2;/h4-7H,13H2,1-3H3,(H,14,17);1H/t7-;/m1./s1. The fourth-order valence-corrected chi connectivity index (χ4v) is 1.84. The minimum atomic E-state index is -0.569. The molecule has 0 unspecified atom stereocenters. The molecule has 0 bridgehead atoms. The first-order valence-electron chi connectivity index (χ1n) is 5.63. The SMILES string of the molecule is C[C@@H](N)C(=O)Nc1ccc2c(c1)n(C)c(=O)n2C.Cl. The van der Waals surface area contributed by atoms with Crippen molar-refractivity contribution in [1.82, 2.24) is 9.13 Å². The van der Waals surface area contributed by atoms with E-state index in [4.69, 9.17) is 5.73 Å². The van der Waals surface area contributed by atoms with Crippen molar-refractivity contribution in [2.24, 2.45) is 19.8 Å². The van der Waals surface area contributed by atoms with Crippen molar-refractivity contribution in [3.63, 3.8) is 0 Å². The first-order chi connectivity index (χ1) is 8.41. The Morgan fingerprint density at radius 3 is 2.42 bits per heavy atom. The van der Waals surface area contributed by atoms with Gasteiger partial charge in [0, 0.05) is 19.8 Å². The summed E-state index contributed by atoms with van der Waals surface area (Å²) in [5.41, 5.74) is 7.61. The molecular formula is C12H17ClN4O2. The monoisotopic (exact) mass is 284 g/mol. The Labute approximate surface area is 116 Å². The summed E-state index contributed by atoms with van der Waals surface area (Å²) in [5, 5.41) is 2.70. The lowest BCUT2D eigenvalue weighted by molar-refractivity contribution is -0.117. The molecular weight excluding hydrogens is 268 g/mol. The topological polar surface area (TPSA) is 82.1 Å². The molecule has 2 aromatic rings. The maximum absolute atomic E-state index is 11.7. The number of nitrogens with zero attached hydrogens (tertiary/aromatic N) is 2. The number of amides is 1. The molecule has 1 amide bonds. The number of anilines is 1. The van der Waals surface area contributed by atoms with Crippen LogP contribution >= 0.6 is 12.4 Å². The van der Waals surface area contributed by atoms with Crippen LogP contribution in [0.3, 0.4) is 0 Å². The van der Waals surface area contributed by atoms with Gasteiger partial charge in [-0.25, -0.2) is 4.79 Å². The predicted octanol–water partition coefficient (Wildman–Crippen LogP) is 0.585. The summed E-state index contributed by atoms with van der Waals surface area (Å²) in [5.74, 6) is -0.254. The van der Waals surface area contributed by atoms with Gasteiger partial charge in [0.05, 0.1) is 17.1 Å². The summed E-state index contributed by atoms with van der Waals surface area (Å²) >= 11 is 0. The molecule has 6 nitrogen and oxygen atoms in total. The van der Waals surface area contributed by atoms with Crippen molar-refractivity contribution >= 4 is 35.0 Å². The van der Waals surface area contributed by atoms with Crippen LogP contribution in [0.15, 0.2) is 23.0 Å². The maximum Gasteiger partial charge on any atom is 0.328 e. The van der Waals surface area contributed by atoms with Crippen LogP contribution in [0.1, 0.15) is 6.92 Å². The van der Waals surface area contributed by atoms with Crippen molar-refractivity contribution in [2.45, 2.75) is 13.0 Å². The fourth-order valence-electron chi connectivity index (χ4n) is 1.84. The molecule has 1 aromatic heterocycles. The molecule has 2 rings (SSSR count). The molecule has 3 N–H and O–H groups in total. The van der Waals surface area contributed by atoms with Gasteiger partial charge in [-0.05, 0) is 25.1 Å². The van der Waals surface area contributed by atoms with Gasteiger partial charge in [0.1, 0.15) is 0 Å². The second kappa shape index (κ2) is 5.46.